The molecule has 0 spiro atoms. The Bertz CT molecular complexity index is 1260. The molecule has 7 aliphatic rings. The van der Waals surface area contributed by atoms with Crippen molar-refractivity contribution in [2.75, 3.05) is 26.3 Å². The topological polar surface area (TPSA) is 194 Å². The Balaban J connectivity index is 0.000000141. The molecule has 5 fully saturated rings. The van der Waals surface area contributed by atoms with Gasteiger partial charge in [-0.1, -0.05) is 24.3 Å². The lowest BCUT2D eigenvalue weighted by Gasteiger charge is -2.22. The minimum absolute atomic E-state index is 0.0661. The predicted octanol–water partition coefficient (Wildman–Crippen LogP) is -0.633. The fraction of sp³-hybridized carbons (Fsp3) is 0.645. The summed E-state index contributed by atoms with van der Waals surface area (Å²) in [5.74, 6) is -1.93. The number of likely N-dealkylation sites (tertiary alicyclic amines) is 2. The van der Waals surface area contributed by atoms with Crippen molar-refractivity contribution in [2.24, 2.45) is 47.3 Å². The first-order chi connectivity index (χ1) is 21.3. The highest BCUT2D eigenvalue weighted by atomic mass is 16.6. The van der Waals surface area contributed by atoms with Gasteiger partial charge in [0.25, 0.3) is 0 Å². The van der Waals surface area contributed by atoms with Gasteiger partial charge in [-0.15, -0.1) is 0 Å². The number of hydrogen-bond acceptors (Lipinski definition) is 12. The van der Waals surface area contributed by atoms with Crippen LogP contribution >= 0.6 is 0 Å². The van der Waals surface area contributed by atoms with Crippen LogP contribution in [0.15, 0.2) is 24.3 Å². The van der Waals surface area contributed by atoms with Crippen molar-refractivity contribution in [3.05, 3.63) is 24.3 Å². The Morgan fingerprint density at radius 1 is 0.756 bits per heavy atom. The molecule has 244 valence electrons. The molecule has 0 aromatic carbocycles. The lowest BCUT2D eigenvalue weighted by atomic mass is 9.85. The summed E-state index contributed by atoms with van der Waals surface area (Å²) in [6.45, 7) is 4.29. The zero-order valence-corrected chi connectivity index (χ0v) is 25.3. The zero-order chi connectivity index (χ0) is 32.7. The van der Waals surface area contributed by atoms with Crippen molar-refractivity contribution < 1.29 is 58.0 Å². The van der Waals surface area contributed by atoms with E-state index in [4.69, 9.17) is 14.9 Å². The van der Waals surface area contributed by atoms with Gasteiger partial charge in [-0.3, -0.25) is 29.0 Å². The van der Waals surface area contributed by atoms with Gasteiger partial charge >= 0.3 is 17.9 Å². The number of β-amino-alcohol motifs (C(OH)–C–C–N with tert-alkyl or cyclic N) is 1. The number of carbonyl (C=O) groups is 7. The number of esters is 3. The second-order valence-electron chi connectivity index (χ2n) is 12.4. The molecule has 3 heterocycles. The summed E-state index contributed by atoms with van der Waals surface area (Å²) >= 11 is 0. The Kier molecular flexibility index (Phi) is 9.26. The van der Waals surface area contributed by atoms with Crippen LogP contribution in [-0.4, -0.2) is 106 Å². The van der Waals surface area contributed by atoms with E-state index in [0.29, 0.717) is 0 Å². The third kappa shape index (κ3) is 5.92. The number of aliphatic hydroxyl groups excluding tert-OH is 2. The van der Waals surface area contributed by atoms with Crippen LogP contribution in [0.2, 0.25) is 0 Å². The highest BCUT2D eigenvalue weighted by Gasteiger charge is 2.60. The number of nitrogens with zero attached hydrogens (tertiary/aromatic N) is 2. The molecular weight excluding hydrogens is 592 g/mol. The average molecular weight is 631 g/mol. The highest BCUT2D eigenvalue weighted by Crippen LogP contribution is 2.53. The lowest BCUT2D eigenvalue weighted by molar-refractivity contribution is -0.191. The largest absolute Gasteiger partial charge is 0.462 e. The van der Waals surface area contributed by atoms with Crippen LogP contribution in [0, 0.1) is 47.3 Å². The van der Waals surface area contributed by atoms with Gasteiger partial charge in [0.1, 0.15) is 12.7 Å². The van der Waals surface area contributed by atoms with E-state index in [2.05, 4.69) is 21.6 Å². The van der Waals surface area contributed by atoms with E-state index < -0.39 is 36.2 Å². The SMILES string of the molecule is CC(O)C(=O)OCCN1C(=O)[C@@H]2C3C=CC(C3)[C@@H]2C1=O.CC1OC(=O)C(C)OC1=O.O=C1[C@@H]2C3C=CC(C3)[C@@H]2C(=O)N1CCO. The van der Waals surface area contributed by atoms with Crippen LogP contribution in [0.4, 0.5) is 0 Å². The second-order valence-corrected chi connectivity index (χ2v) is 12.4. The third-order valence-electron chi connectivity index (χ3n) is 9.60. The second kappa shape index (κ2) is 12.8. The molecule has 2 N–H and O–H groups in total. The van der Waals surface area contributed by atoms with E-state index in [1.165, 1.54) is 30.6 Å². The van der Waals surface area contributed by atoms with Gasteiger partial charge < -0.3 is 24.4 Å². The maximum absolute atomic E-state index is 12.3. The molecule has 4 bridgehead atoms. The number of fused-ring (bicyclic) bond motifs is 10. The van der Waals surface area contributed by atoms with E-state index in [1.54, 1.807) is 0 Å². The molecule has 3 saturated heterocycles. The molecule has 14 heteroatoms. The lowest BCUT2D eigenvalue weighted by Crippen LogP contribution is -2.40. The number of allylic oxidation sites excluding steroid dienone is 4. The van der Waals surface area contributed by atoms with Crippen LogP contribution in [0.5, 0.6) is 0 Å². The number of cyclic esters (lactones) is 2. The molecule has 0 radical (unpaired) electrons. The summed E-state index contributed by atoms with van der Waals surface area (Å²) < 4.78 is 14.0. The molecule has 0 aromatic rings. The smallest absolute Gasteiger partial charge is 0.347 e. The van der Waals surface area contributed by atoms with Gasteiger partial charge in [0.15, 0.2) is 12.2 Å². The van der Waals surface area contributed by atoms with Crippen molar-refractivity contribution in [3.8, 4) is 0 Å². The number of aliphatic hydroxyl groups is 2. The number of carbonyl (C=O) groups excluding carboxylic acids is 7. The standard InChI is InChI=1S/C14H17NO5.C11H13NO3.C6H8O4/c1-7(16)14(19)20-5-4-15-12(17)10-8-2-3-9(6-8)11(10)13(15)18;13-4-3-12-10(14)8-6-1-2-7(5-6)9(8)11(12)15;1-3-5(7)10-4(2)6(8)9-3/h2-3,7-11,16H,4-6H2,1H3;1-2,6-9,13H,3-5H2;3-4H,1-2H3/t7?,8?,9?,10-,11+;6?,7?,8-,9+;. The van der Waals surface area contributed by atoms with Crippen LogP contribution in [0.25, 0.3) is 0 Å². The molecule has 0 aromatic heterocycles. The summed E-state index contributed by atoms with van der Waals surface area (Å²) in [6, 6.07) is 0. The van der Waals surface area contributed by atoms with E-state index in [0.717, 1.165) is 12.8 Å². The number of amides is 4. The first-order valence-electron chi connectivity index (χ1n) is 15.3. The minimum Gasteiger partial charge on any atom is -0.462 e. The zero-order valence-electron chi connectivity index (χ0n) is 25.3. The monoisotopic (exact) mass is 630 g/mol. The van der Waals surface area contributed by atoms with E-state index in [9.17, 15) is 33.6 Å². The van der Waals surface area contributed by atoms with E-state index in [-0.39, 0.29) is 97.3 Å². The number of imide groups is 2. The number of ether oxygens (including phenoxy) is 3. The normalized spacial score (nSPS) is 37.1. The minimum atomic E-state index is -1.19. The maximum atomic E-state index is 12.3. The Morgan fingerprint density at radius 2 is 1.11 bits per heavy atom. The molecular formula is C31H38N2O12. The molecule has 45 heavy (non-hydrogen) atoms. The molecule has 4 amide bonds. The van der Waals surface area contributed by atoms with E-state index in [1.807, 2.05) is 12.2 Å². The average Bonchev–Trinajstić information content (AvgIpc) is 3.85. The summed E-state index contributed by atoms with van der Waals surface area (Å²) in [6.07, 6.45) is 7.38. The van der Waals surface area contributed by atoms with Crippen molar-refractivity contribution in [1.29, 1.82) is 0 Å². The summed E-state index contributed by atoms with van der Waals surface area (Å²) in [4.78, 5) is 83.3. The molecule has 4 aliphatic carbocycles. The predicted molar refractivity (Wildman–Crippen MR) is 150 cm³/mol. The Morgan fingerprint density at radius 3 is 1.44 bits per heavy atom. The molecule has 14 nitrogen and oxygen atoms in total. The van der Waals surface area contributed by atoms with Gasteiger partial charge in [0, 0.05) is 0 Å². The fourth-order valence-electron chi connectivity index (χ4n) is 7.46. The van der Waals surface area contributed by atoms with E-state index >= 15 is 0 Å². The van der Waals surface area contributed by atoms with Gasteiger partial charge in [-0.2, -0.15) is 0 Å². The highest BCUT2D eigenvalue weighted by molar-refractivity contribution is 6.07. The molecule has 7 unspecified atom stereocenters. The van der Waals surface area contributed by atoms with Crippen LogP contribution < -0.4 is 0 Å². The van der Waals surface area contributed by atoms with Crippen LogP contribution in [0.3, 0.4) is 0 Å². The molecule has 11 atom stereocenters. The van der Waals surface area contributed by atoms with Crippen LogP contribution in [-0.2, 0) is 47.8 Å². The van der Waals surface area contributed by atoms with Gasteiger partial charge in [-0.25, -0.2) is 14.4 Å². The Labute approximate surface area is 259 Å². The summed E-state index contributed by atoms with van der Waals surface area (Å²) in [5, 5.41) is 17.8. The Hall–Kier alpha value is -3.91. The summed E-state index contributed by atoms with van der Waals surface area (Å²) in [7, 11) is 0. The van der Waals surface area contributed by atoms with Crippen molar-refractivity contribution in [2.45, 2.75) is 51.9 Å². The first-order valence-corrected chi connectivity index (χ1v) is 15.3. The third-order valence-corrected chi connectivity index (χ3v) is 9.60. The van der Waals surface area contributed by atoms with Crippen LogP contribution in [0.1, 0.15) is 33.6 Å². The van der Waals surface area contributed by atoms with Gasteiger partial charge in [0.05, 0.1) is 43.4 Å². The molecule has 2 saturated carbocycles. The molecule has 3 aliphatic heterocycles. The fourth-order valence-corrected chi connectivity index (χ4v) is 7.46. The molecule has 7 rings (SSSR count). The number of rotatable bonds is 6. The number of hydrogen-bond donors (Lipinski definition) is 2. The maximum Gasteiger partial charge on any atom is 0.347 e. The quantitative estimate of drug-likeness (QED) is 0.164. The van der Waals surface area contributed by atoms with Crippen molar-refractivity contribution in [3.63, 3.8) is 0 Å². The van der Waals surface area contributed by atoms with Crippen molar-refractivity contribution in [1.82, 2.24) is 9.80 Å². The van der Waals surface area contributed by atoms with Gasteiger partial charge in [0.2, 0.25) is 23.6 Å². The first kappa shape index (κ1) is 32.5. The van der Waals surface area contributed by atoms with Gasteiger partial charge in [-0.05, 0) is 57.3 Å². The summed E-state index contributed by atoms with van der Waals surface area (Å²) in [5.41, 5.74) is 0. The van der Waals surface area contributed by atoms with Crippen molar-refractivity contribution >= 4 is 41.5 Å².